The van der Waals surface area contributed by atoms with Crippen molar-refractivity contribution in [2.75, 3.05) is 13.2 Å². The second-order valence-electron chi connectivity index (χ2n) is 1.50. The zero-order valence-corrected chi connectivity index (χ0v) is 4.36. The molecule has 2 atom stereocenters. The quantitative estimate of drug-likeness (QED) is 0.376. The molecule has 4 nitrogen and oxygen atoms in total. The minimum atomic E-state index is -1.22. The van der Waals surface area contributed by atoms with Gasteiger partial charge >= 0.3 is 0 Å². The Hall–Kier alpha value is -0.160. The van der Waals surface area contributed by atoms with Crippen molar-refractivity contribution >= 4 is 0 Å². The van der Waals surface area contributed by atoms with E-state index in [1.54, 1.807) is 0 Å². The summed E-state index contributed by atoms with van der Waals surface area (Å²) in [6.45, 7) is -1.05. The van der Waals surface area contributed by atoms with Crippen LogP contribution in [0.2, 0.25) is 0 Å². The number of hydrogen-bond donors (Lipinski definition) is 4. The van der Waals surface area contributed by atoms with Gasteiger partial charge in [-0.3, -0.25) is 0 Å². The highest BCUT2D eigenvalue weighted by Gasteiger charge is 2.12. The first-order chi connectivity index (χ1) is 3.72. The Morgan fingerprint density at radius 1 is 0.889 bits per heavy atom. The molecule has 0 aliphatic rings. The summed E-state index contributed by atoms with van der Waals surface area (Å²) >= 11 is 0. The van der Waals surface area contributed by atoms with E-state index in [9.17, 15) is 0 Å². The minimum absolute atomic E-state index is 0. The van der Waals surface area contributed by atoms with E-state index in [1.807, 2.05) is 0 Å². The van der Waals surface area contributed by atoms with Gasteiger partial charge in [-0.05, 0) is 0 Å². The predicted octanol–water partition coefficient (Wildman–Crippen LogP) is -1.67. The fourth-order valence-electron chi connectivity index (χ4n) is 0.243. The molecule has 0 rings (SSSR count). The molecule has 0 unspecified atom stereocenters. The number of hydrogen-bond acceptors (Lipinski definition) is 4. The van der Waals surface area contributed by atoms with Crippen molar-refractivity contribution in [2.45, 2.75) is 19.6 Å². The van der Waals surface area contributed by atoms with Gasteiger partial charge in [0.2, 0.25) is 0 Å². The van der Waals surface area contributed by atoms with Crippen molar-refractivity contribution < 1.29 is 20.4 Å². The van der Waals surface area contributed by atoms with E-state index in [0.29, 0.717) is 0 Å². The van der Waals surface area contributed by atoms with Crippen LogP contribution in [0.15, 0.2) is 0 Å². The van der Waals surface area contributed by atoms with Crippen molar-refractivity contribution in [3.8, 4) is 0 Å². The zero-order chi connectivity index (χ0) is 6.57. The van der Waals surface area contributed by atoms with E-state index in [4.69, 9.17) is 20.4 Å². The molecule has 0 heterocycles. The number of aliphatic hydroxyl groups excluding tert-OH is 4. The van der Waals surface area contributed by atoms with E-state index in [-0.39, 0.29) is 7.43 Å². The predicted molar refractivity (Wildman–Crippen MR) is 32.9 cm³/mol. The first kappa shape index (κ1) is 11.6. The largest absolute Gasteiger partial charge is 0.394 e. The Bertz CT molecular complexity index is 48.9. The molecule has 0 spiro atoms. The van der Waals surface area contributed by atoms with Gasteiger partial charge in [-0.25, -0.2) is 0 Å². The van der Waals surface area contributed by atoms with Gasteiger partial charge in [0.1, 0.15) is 12.2 Å². The van der Waals surface area contributed by atoms with Gasteiger partial charge in [-0.1, -0.05) is 7.43 Å². The van der Waals surface area contributed by atoms with Crippen molar-refractivity contribution in [1.82, 2.24) is 0 Å². The fraction of sp³-hybridized carbons (Fsp3) is 1.00. The van der Waals surface area contributed by atoms with Crippen LogP contribution in [0, 0.1) is 0 Å². The SMILES string of the molecule is C.OC[C@@H](O)[C@@H](O)CO. The van der Waals surface area contributed by atoms with Crippen LogP contribution in [0.25, 0.3) is 0 Å². The monoisotopic (exact) mass is 138 g/mol. The molecule has 0 saturated heterocycles. The lowest BCUT2D eigenvalue weighted by Crippen LogP contribution is -2.31. The Morgan fingerprint density at radius 2 is 1.11 bits per heavy atom. The van der Waals surface area contributed by atoms with Crippen LogP contribution in [0.3, 0.4) is 0 Å². The lowest BCUT2D eigenvalue weighted by Gasteiger charge is -2.10. The molecule has 0 aromatic heterocycles. The molecule has 0 radical (unpaired) electrons. The summed E-state index contributed by atoms with van der Waals surface area (Å²) < 4.78 is 0. The average molecular weight is 138 g/mol. The van der Waals surface area contributed by atoms with Crippen LogP contribution in [0.1, 0.15) is 7.43 Å². The molecular weight excluding hydrogens is 124 g/mol. The summed E-state index contributed by atoms with van der Waals surface area (Å²) in [5.41, 5.74) is 0. The molecule has 0 aromatic carbocycles. The summed E-state index contributed by atoms with van der Waals surface area (Å²) in [6, 6.07) is 0. The van der Waals surface area contributed by atoms with Gasteiger partial charge in [0.15, 0.2) is 0 Å². The van der Waals surface area contributed by atoms with Gasteiger partial charge in [0, 0.05) is 0 Å². The van der Waals surface area contributed by atoms with Crippen LogP contribution < -0.4 is 0 Å². The minimum Gasteiger partial charge on any atom is -0.394 e. The summed E-state index contributed by atoms with van der Waals surface area (Å²) in [5.74, 6) is 0. The Morgan fingerprint density at radius 3 is 1.22 bits per heavy atom. The maximum Gasteiger partial charge on any atom is 0.105 e. The van der Waals surface area contributed by atoms with E-state index >= 15 is 0 Å². The van der Waals surface area contributed by atoms with Crippen molar-refractivity contribution in [2.24, 2.45) is 0 Å². The first-order valence-corrected chi connectivity index (χ1v) is 2.30. The second-order valence-corrected chi connectivity index (χ2v) is 1.50. The molecule has 4 N–H and O–H groups in total. The summed E-state index contributed by atoms with van der Waals surface area (Å²) in [6.07, 6.45) is -2.44. The van der Waals surface area contributed by atoms with Gasteiger partial charge in [0.05, 0.1) is 13.2 Å². The first-order valence-electron chi connectivity index (χ1n) is 2.30. The van der Waals surface area contributed by atoms with Crippen LogP contribution >= 0.6 is 0 Å². The van der Waals surface area contributed by atoms with E-state index < -0.39 is 25.4 Å². The van der Waals surface area contributed by atoms with Crippen LogP contribution in [0.5, 0.6) is 0 Å². The maximum atomic E-state index is 8.47. The van der Waals surface area contributed by atoms with E-state index in [0.717, 1.165) is 0 Å². The van der Waals surface area contributed by atoms with Gasteiger partial charge in [0.25, 0.3) is 0 Å². The van der Waals surface area contributed by atoms with Crippen molar-refractivity contribution in [3.63, 3.8) is 0 Å². The third-order valence-electron chi connectivity index (χ3n) is 0.818. The van der Waals surface area contributed by atoms with E-state index in [1.165, 1.54) is 0 Å². The molecule has 0 saturated carbocycles. The molecule has 0 aliphatic carbocycles. The highest BCUT2D eigenvalue weighted by molar-refractivity contribution is 4.62. The standard InChI is InChI=1S/C4H10O4.CH4/c5-1-3(7)4(8)2-6;/h3-8H,1-2H2;1H4/t3-,4+;. The molecule has 9 heavy (non-hydrogen) atoms. The van der Waals surface area contributed by atoms with E-state index in [2.05, 4.69) is 0 Å². The van der Waals surface area contributed by atoms with Crippen molar-refractivity contribution in [1.29, 1.82) is 0 Å². The number of aliphatic hydroxyl groups is 4. The van der Waals surface area contributed by atoms with Gasteiger partial charge in [-0.15, -0.1) is 0 Å². The molecular formula is C5H14O4. The fourth-order valence-corrected chi connectivity index (χ4v) is 0.243. The van der Waals surface area contributed by atoms with Crippen LogP contribution in [-0.4, -0.2) is 45.8 Å². The van der Waals surface area contributed by atoms with Gasteiger partial charge < -0.3 is 20.4 Å². The molecule has 58 valence electrons. The summed E-state index contributed by atoms with van der Waals surface area (Å²) in [4.78, 5) is 0. The Kier molecular flexibility index (Phi) is 7.70. The number of rotatable bonds is 3. The molecule has 0 bridgehead atoms. The highest BCUT2D eigenvalue weighted by Crippen LogP contribution is 1.88. The Balaban J connectivity index is 0. The topological polar surface area (TPSA) is 80.9 Å². The average Bonchev–Trinajstić information content (AvgIpc) is 1.84. The lowest BCUT2D eigenvalue weighted by molar-refractivity contribution is -0.0388. The lowest BCUT2D eigenvalue weighted by atomic mass is 10.2. The van der Waals surface area contributed by atoms with Crippen molar-refractivity contribution in [3.05, 3.63) is 0 Å². The molecule has 0 amide bonds. The molecule has 0 aromatic rings. The molecule has 4 heteroatoms. The smallest absolute Gasteiger partial charge is 0.105 e. The van der Waals surface area contributed by atoms with Crippen LogP contribution in [-0.2, 0) is 0 Å². The van der Waals surface area contributed by atoms with Gasteiger partial charge in [-0.2, -0.15) is 0 Å². The van der Waals surface area contributed by atoms with Crippen LogP contribution in [0.4, 0.5) is 0 Å². The second kappa shape index (κ2) is 5.97. The third kappa shape index (κ3) is 4.35. The summed E-state index contributed by atoms with van der Waals surface area (Å²) in [5, 5.41) is 33.2. The maximum absolute atomic E-state index is 8.47. The Labute approximate surface area is 54.4 Å². The summed E-state index contributed by atoms with van der Waals surface area (Å²) in [7, 11) is 0. The molecule has 0 fully saturated rings. The molecule has 0 aliphatic heterocycles. The third-order valence-corrected chi connectivity index (χ3v) is 0.818. The zero-order valence-electron chi connectivity index (χ0n) is 4.36. The normalized spacial score (nSPS) is 16.0. The highest BCUT2D eigenvalue weighted by atomic mass is 16.4.